The minimum Gasteiger partial charge on any atom is -0.506 e. The highest BCUT2D eigenvalue weighted by molar-refractivity contribution is 9.11. The molecule has 0 radical (unpaired) electrons. The van der Waals surface area contributed by atoms with Gasteiger partial charge in [-0.1, -0.05) is 6.92 Å². The van der Waals surface area contributed by atoms with Crippen LogP contribution in [0.3, 0.4) is 0 Å². The van der Waals surface area contributed by atoms with Crippen LogP contribution in [0.2, 0.25) is 0 Å². The van der Waals surface area contributed by atoms with Crippen molar-refractivity contribution in [1.82, 2.24) is 14.7 Å². The first kappa shape index (κ1) is 27.7. The van der Waals surface area contributed by atoms with E-state index in [4.69, 9.17) is 4.74 Å². The fourth-order valence-electron chi connectivity index (χ4n) is 5.49. The third-order valence-corrected chi connectivity index (χ3v) is 8.99. The number of nitrogens with zero attached hydrogens (tertiary/aromatic N) is 3. The van der Waals surface area contributed by atoms with Gasteiger partial charge in [-0.25, -0.2) is 4.79 Å². The van der Waals surface area contributed by atoms with E-state index in [1.165, 1.54) is 0 Å². The molecule has 8 nitrogen and oxygen atoms in total. The first-order chi connectivity index (χ1) is 17.2. The van der Waals surface area contributed by atoms with Crippen molar-refractivity contribution in [2.75, 3.05) is 39.3 Å². The molecule has 3 aliphatic rings. The van der Waals surface area contributed by atoms with E-state index in [9.17, 15) is 19.8 Å². The number of hydrogen-bond donors (Lipinski definition) is 2. The molecule has 1 aromatic carbocycles. The van der Waals surface area contributed by atoms with E-state index in [1.54, 1.807) is 17.0 Å². The van der Waals surface area contributed by atoms with Gasteiger partial charge in [-0.2, -0.15) is 0 Å². The zero-order valence-corrected chi connectivity index (χ0v) is 24.0. The monoisotopic (exact) mass is 629 g/mol. The highest BCUT2D eigenvalue weighted by Gasteiger charge is 2.35. The number of carbonyl (C=O) groups is 2. The Morgan fingerprint density at radius 1 is 1.00 bits per heavy atom. The fourth-order valence-corrected chi connectivity index (χ4v) is 6.77. The number of carbonyl (C=O) groups excluding carboxylic acids is 2. The number of halogens is 2. The topological polar surface area (TPSA) is 93.5 Å². The average Bonchev–Trinajstić information content (AvgIpc) is 2.87. The quantitative estimate of drug-likeness (QED) is 0.508. The van der Waals surface area contributed by atoms with Gasteiger partial charge in [0.2, 0.25) is 0 Å². The van der Waals surface area contributed by atoms with Crippen molar-refractivity contribution in [3.05, 3.63) is 26.6 Å². The number of aliphatic hydroxyl groups excluding tert-OH is 1. The third-order valence-electron chi connectivity index (χ3n) is 7.78. The average molecular weight is 631 g/mol. The number of β-amino-alcohol motifs (C(OH)–C–C–N with tert-alkyl or cyclic N) is 1. The Labute approximate surface area is 230 Å². The second-order valence-electron chi connectivity index (χ2n) is 10.5. The van der Waals surface area contributed by atoms with Gasteiger partial charge in [0.05, 0.1) is 15.0 Å². The Balaban J connectivity index is 1.43. The molecule has 10 heteroatoms. The summed E-state index contributed by atoms with van der Waals surface area (Å²) in [6.07, 6.45) is 4.02. The van der Waals surface area contributed by atoms with Crippen LogP contribution in [0, 0.1) is 5.92 Å². The molecule has 0 spiro atoms. The molecule has 0 bridgehead atoms. The molecule has 1 unspecified atom stereocenters. The van der Waals surface area contributed by atoms with Crippen molar-refractivity contribution in [1.29, 1.82) is 0 Å². The lowest BCUT2D eigenvalue weighted by molar-refractivity contribution is -0.142. The van der Waals surface area contributed by atoms with Gasteiger partial charge in [-0.15, -0.1) is 0 Å². The Morgan fingerprint density at radius 2 is 1.61 bits per heavy atom. The predicted octanol–water partition coefficient (Wildman–Crippen LogP) is 4.14. The van der Waals surface area contributed by atoms with Crippen LogP contribution in [-0.2, 0) is 16.0 Å². The highest BCUT2D eigenvalue weighted by Crippen LogP contribution is 2.34. The van der Waals surface area contributed by atoms with E-state index in [0.29, 0.717) is 53.6 Å². The van der Waals surface area contributed by atoms with Gasteiger partial charge >= 0.3 is 6.09 Å². The molecule has 2 amide bonds. The van der Waals surface area contributed by atoms with Crippen molar-refractivity contribution in [2.24, 2.45) is 5.92 Å². The summed E-state index contributed by atoms with van der Waals surface area (Å²) in [5.74, 6) is 0.498. The van der Waals surface area contributed by atoms with Crippen molar-refractivity contribution in [3.8, 4) is 5.75 Å². The molecule has 3 saturated heterocycles. The molecule has 1 aromatic rings. The number of benzene rings is 1. The minimum atomic E-state index is -0.937. The molecule has 2 N–H and O–H groups in total. The number of phenolic OH excluding ortho intramolecular Hbond substituents is 1. The van der Waals surface area contributed by atoms with E-state index in [-0.39, 0.29) is 24.2 Å². The SMILES string of the molecule is CC1CCN(C(=O)O[C@H](Cc2cc(Br)c(O)c(Br)c2)C(=O)N2CCC(N3CCCC(O)C3)CC2)CC1. The van der Waals surface area contributed by atoms with Crippen LogP contribution in [-0.4, -0.2) is 94.4 Å². The van der Waals surface area contributed by atoms with Crippen molar-refractivity contribution < 1.29 is 24.5 Å². The van der Waals surface area contributed by atoms with E-state index >= 15 is 0 Å². The molecule has 200 valence electrons. The predicted molar refractivity (Wildman–Crippen MR) is 144 cm³/mol. The summed E-state index contributed by atoms with van der Waals surface area (Å²) < 4.78 is 6.90. The summed E-state index contributed by atoms with van der Waals surface area (Å²) in [4.78, 5) is 32.5. The second-order valence-corrected chi connectivity index (χ2v) is 12.2. The molecule has 3 aliphatic heterocycles. The lowest BCUT2D eigenvalue weighted by Gasteiger charge is -2.42. The number of ether oxygens (including phenoxy) is 1. The van der Waals surface area contributed by atoms with E-state index in [0.717, 1.165) is 50.6 Å². The molecule has 3 heterocycles. The highest BCUT2D eigenvalue weighted by atomic mass is 79.9. The zero-order valence-electron chi connectivity index (χ0n) is 20.9. The maximum atomic E-state index is 13.6. The molecule has 0 aliphatic carbocycles. The molecule has 0 saturated carbocycles. The Bertz CT molecular complexity index is 909. The minimum absolute atomic E-state index is 0.0889. The van der Waals surface area contributed by atoms with Crippen LogP contribution in [0.25, 0.3) is 0 Å². The molecular formula is C26H37Br2N3O5. The van der Waals surface area contributed by atoms with Crippen LogP contribution < -0.4 is 0 Å². The Morgan fingerprint density at radius 3 is 2.22 bits per heavy atom. The van der Waals surface area contributed by atoms with Gasteiger partial charge in [0, 0.05) is 45.2 Å². The van der Waals surface area contributed by atoms with Crippen molar-refractivity contribution in [3.63, 3.8) is 0 Å². The lowest BCUT2D eigenvalue weighted by atomic mass is 9.98. The smallest absolute Gasteiger partial charge is 0.410 e. The molecule has 3 fully saturated rings. The number of piperidine rings is 3. The van der Waals surface area contributed by atoms with Crippen LogP contribution in [0.15, 0.2) is 21.1 Å². The van der Waals surface area contributed by atoms with Crippen LogP contribution in [0.5, 0.6) is 5.75 Å². The van der Waals surface area contributed by atoms with Crippen LogP contribution >= 0.6 is 31.9 Å². The molecule has 2 atom stereocenters. The standard InChI is InChI=1S/C26H37Br2N3O5/c1-17-4-9-30(10-5-17)26(35)36-23(15-18-13-21(27)24(33)22(28)14-18)25(34)29-11-6-19(7-12-29)31-8-2-3-20(32)16-31/h13-14,17,19-20,23,32-33H,2-12,15-16H2,1H3/t20?,23-/m1/s1. The summed E-state index contributed by atoms with van der Waals surface area (Å²) in [5.41, 5.74) is 0.780. The summed E-state index contributed by atoms with van der Waals surface area (Å²) in [7, 11) is 0. The second kappa shape index (κ2) is 12.5. The van der Waals surface area contributed by atoms with Gasteiger partial charge in [0.1, 0.15) is 5.75 Å². The number of aliphatic hydroxyl groups is 1. The summed E-state index contributed by atoms with van der Waals surface area (Å²) in [5, 5.41) is 20.1. The third kappa shape index (κ3) is 6.94. The largest absolute Gasteiger partial charge is 0.506 e. The number of amides is 2. The number of hydrogen-bond acceptors (Lipinski definition) is 6. The summed E-state index contributed by atoms with van der Waals surface area (Å²) in [6, 6.07) is 3.87. The summed E-state index contributed by atoms with van der Waals surface area (Å²) >= 11 is 6.71. The van der Waals surface area contributed by atoms with Gasteiger partial charge in [-0.05, 0) is 101 Å². The normalized spacial score (nSPS) is 23.5. The number of rotatable bonds is 5. The molecular weight excluding hydrogens is 594 g/mol. The molecule has 36 heavy (non-hydrogen) atoms. The van der Waals surface area contributed by atoms with Gasteiger partial charge < -0.3 is 24.7 Å². The fraction of sp³-hybridized carbons (Fsp3) is 0.692. The number of aromatic hydroxyl groups is 1. The van der Waals surface area contributed by atoms with E-state index in [1.807, 2.05) is 4.90 Å². The van der Waals surface area contributed by atoms with Crippen molar-refractivity contribution >= 4 is 43.9 Å². The Kier molecular flexibility index (Phi) is 9.57. The summed E-state index contributed by atoms with van der Waals surface area (Å²) in [6.45, 7) is 6.38. The number of likely N-dealkylation sites (tertiary alicyclic amines) is 3. The van der Waals surface area contributed by atoms with E-state index in [2.05, 4.69) is 43.7 Å². The van der Waals surface area contributed by atoms with Crippen LogP contribution in [0.4, 0.5) is 4.79 Å². The molecule has 0 aromatic heterocycles. The van der Waals surface area contributed by atoms with Gasteiger partial charge in [0.15, 0.2) is 6.10 Å². The first-order valence-corrected chi connectivity index (χ1v) is 14.6. The maximum Gasteiger partial charge on any atom is 0.410 e. The van der Waals surface area contributed by atoms with Crippen molar-refractivity contribution in [2.45, 2.75) is 70.1 Å². The van der Waals surface area contributed by atoms with Gasteiger partial charge in [0.25, 0.3) is 5.91 Å². The molecule has 4 rings (SSSR count). The Hall–Kier alpha value is -1.36. The zero-order chi connectivity index (χ0) is 25.8. The first-order valence-electron chi connectivity index (χ1n) is 13.0. The van der Waals surface area contributed by atoms with E-state index < -0.39 is 12.2 Å². The van der Waals surface area contributed by atoms with Gasteiger partial charge in [-0.3, -0.25) is 9.69 Å². The lowest BCUT2D eigenvalue weighted by Crippen LogP contribution is -2.53. The maximum absolute atomic E-state index is 13.6. The van der Waals surface area contributed by atoms with Crippen LogP contribution in [0.1, 0.15) is 51.0 Å². The number of phenols is 1.